The molecule has 1 aromatic rings. The zero-order chi connectivity index (χ0) is 13.0. The lowest BCUT2D eigenvalue weighted by Crippen LogP contribution is -2.25. The van der Waals surface area contributed by atoms with Crippen LogP contribution in [0.25, 0.3) is 0 Å². The molecule has 0 atom stereocenters. The van der Waals surface area contributed by atoms with Gasteiger partial charge < -0.3 is 5.32 Å². The van der Waals surface area contributed by atoms with Gasteiger partial charge in [-0.1, -0.05) is 5.92 Å². The summed E-state index contributed by atoms with van der Waals surface area (Å²) in [6, 6.07) is 0.960. The summed E-state index contributed by atoms with van der Waals surface area (Å²) >= 11 is 0. The lowest BCUT2D eigenvalue weighted by molar-refractivity contribution is -0.387. The standard InChI is InChI=1S/C10H6F2N2O3/c1-2-3-13-10(15)7-4-6(11)5-8(9(7)12)14(16)17/h1,4-5H,3H2,(H,13,15). The van der Waals surface area contributed by atoms with Crippen molar-refractivity contribution in [1.29, 1.82) is 0 Å². The van der Waals surface area contributed by atoms with Gasteiger partial charge in [-0.2, -0.15) is 4.39 Å². The normalized spacial score (nSPS) is 9.47. The Bertz CT molecular complexity index is 523. The second-order valence-electron chi connectivity index (χ2n) is 2.93. The van der Waals surface area contributed by atoms with Gasteiger partial charge in [0.2, 0.25) is 5.82 Å². The molecule has 0 bridgehead atoms. The number of carbonyl (C=O) groups excluding carboxylic acids is 1. The molecule has 1 amide bonds. The second kappa shape index (κ2) is 5.03. The van der Waals surface area contributed by atoms with E-state index in [0.29, 0.717) is 12.1 Å². The topological polar surface area (TPSA) is 72.2 Å². The number of terminal acetylenes is 1. The maximum absolute atomic E-state index is 13.5. The van der Waals surface area contributed by atoms with E-state index in [2.05, 4.69) is 11.2 Å². The summed E-state index contributed by atoms with van der Waals surface area (Å²) in [4.78, 5) is 20.6. The quantitative estimate of drug-likeness (QED) is 0.490. The van der Waals surface area contributed by atoms with E-state index in [0.717, 1.165) is 0 Å². The summed E-state index contributed by atoms with van der Waals surface area (Å²) in [5.41, 5.74) is -1.86. The van der Waals surface area contributed by atoms with E-state index in [9.17, 15) is 23.7 Å². The van der Waals surface area contributed by atoms with Gasteiger partial charge in [-0.3, -0.25) is 14.9 Å². The number of halogens is 2. The molecule has 0 spiro atoms. The molecule has 88 valence electrons. The lowest BCUT2D eigenvalue weighted by Gasteiger charge is -2.03. The molecule has 0 unspecified atom stereocenters. The molecule has 0 saturated heterocycles. The predicted octanol–water partition coefficient (Wildman–Crippen LogP) is 1.24. The molecule has 0 aliphatic rings. The molecule has 7 heteroatoms. The predicted molar refractivity (Wildman–Crippen MR) is 54.2 cm³/mol. The number of nitrogens with one attached hydrogen (secondary N) is 1. The van der Waals surface area contributed by atoms with Crippen molar-refractivity contribution in [3.63, 3.8) is 0 Å². The Hall–Kier alpha value is -2.49. The van der Waals surface area contributed by atoms with Crippen LogP contribution in [0.5, 0.6) is 0 Å². The number of hydrogen-bond donors (Lipinski definition) is 1. The highest BCUT2D eigenvalue weighted by atomic mass is 19.1. The molecule has 1 aromatic carbocycles. The van der Waals surface area contributed by atoms with Crippen molar-refractivity contribution in [3.05, 3.63) is 39.4 Å². The fraction of sp³-hybridized carbons (Fsp3) is 0.100. The Kier molecular flexibility index (Phi) is 3.72. The van der Waals surface area contributed by atoms with Gasteiger partial charge in [0.05, 0.1) is 23.1 Å². The van der Waals surface area contributed by atoms with Crippen molar-refractivity contribution >= 4 is 11.6 Å². The maximum Gasteiger partial charge on any atom is 0.308 e. The first-order valence-electron chi connectivity index (χ1n) is 4.32. The highest BCUT2D eigenvalue weighted by molar-refractivity contribution is 5.95. The average molecular weight is 240 g/mol. The third-order valence-electron chi connectivity index (χ3n) is 1.81. The molecule has 0 heterocycles. The van der Waals surface area contributed by atoms with Crippen LogP contribution in [0.15, 0.2) is 12.1 Å². The van der Waals surface area contributed by atoms with Gasteiger partial charge in [0.15, 0.2) is 0 Å². The summed E-state index contributed by atoms with van der Waals surface area (Å²) in [7, 11) is 0. The number of nitro groups is 1. The first-order valence-corrected chi connectivity index (χ1v) is 4.32. The maximum atomic E-state index is 13.5. The van der Waals surface area contributed by atoms with Crippen molar-refractivity contribution in [2.75, 3.05) is 6.54 Å². The Morgan fingerprint density at radius 3 is 2.71 bits per heavy atom. The third-order valence-corrected chi connectivity index (χ3v) is 1.81. The summed E-state index contributed by atoms with van der Waals surface area (Å²) in [5, 5.41) is 12.5. The molecule has 0 saturated carbocycles. The molecule has 17 heavy (non-hydrogen) atoms. The third kappa shape index (κ3) is 2.75. The zero-order valence-corrected chi connectivity index (χ0v) is 8.37. The van der Waals surface area contributed by atoms with Gasteiger partial charge in [-0.15, -0.1) is 6.42 Å². The molecular formula is C10H6F2N2O3. The van der Waals surface area contributed by atoms with Crippen LogP contribution < -0.4 is 5.32 Å². The van der Waals surface area contributed by atoms with Crippen molar-refractivity contribution in [2.45, 2.75) is 0 Å². The van der Waals surface area contributed by atoms with Crippen LogP contribution in [0.2, 0.25) is 0 Å². The van der Waals surface area contributed by atoms with Crippen LogP contribution in [0, 0.1) is 34.1 Å². The SMILES string of the molecule is C#CCNC(=O)c1cc(F)cc([N+](=O)[O-])c1F. The smallest absolute Gasteiger partial charge is 0.308 e. The van der Waals surface area contributed by atoms with Crippen LogP contribution in [0.1, 0.15) is 10.4 Å². The Balaban J connectivity index is 3.21. The lowest BCUT2D eigenvalue weighted by atomic mass is 10.1. The van der Waals surface area contributed by atoms with E-state index in [1.807, 2.05) is 0 Å². The number of hydrogen-bond acceptors (Lipinski definition) is 3. The Morgan fingerprint density at radius 1 is 1.53 bits per heavy atom. The minimum absolute atomic E-state index is 0.192. The van der Waals surface area contributed by atoms with Crippen LogP contribution in [-0.2, 0) is 0 Å². The fourth-order valence-corrected chi connectivity index (χ4v) is 1.10. The number of benzene rings is 1. The second-order valence-corrected chi connectivity index (χ2v) is 2.93. The van der Waals surface area contributed by atoms with Gasteiger partial charge in [0.25, 0.3) is 5.91 Å². The van der Waals surface area contributed by atoms with E-state index in [1.54, 1.807) is 0 Å². The molecule has 0 aliphatic heterocycles. The molecule has 0 aliphatic carbocycles. The molecule has 1 N–H and O–H groups in total. The van der Waals surface area contributed by atoms with E-state index in [4.69, 9.17) is 6.42 Å². The number of rotatable bonds is 3. The Morgan fingerprint density at radius 2 is 2.18 bits per heavy atom. The van der Waals surface area contributed by atoms with Gasteiger partial charge >= 0.3 is 5.69 Å². The van der Waals surface area contributed by atoms with E-state index in [-0.39, 0.29) is 6.54 Å². The molecule has 5 nitrogen and oxygen atoms in total. The summed E-state index contributed by atoms with van der Waals surface area (Å²) < 4.78 is 26.4. The molecule has 0 aromatic heterocycles. The van der Waals surface area contributed by atoms with Crippen LogP contribution in [0.3, 0.4) is 0 Å². The summed E-state index contributed by atoms with van der Waals surface area (Å²) in [6.07, 6.45) is 4.86. The first kappa shape index (κ1) is 12.6. The number of carbonyl (C=O) groups is 1. The minimum Gasteiger partial charge on any atom is -0.341 e. The molecule has 0 fully saturated rings. The summed E-state index contributed by atoms with van der Waals surface area (Å²) in [6.45, 7) is -0.192. The van der Waals surface area contributed by atoms with Crippen LogP contribution in [0.4, 0.5) is 14.5 Å². The van der Waals surface area contributed by atoms with Crippen molar-refractivity contribution in [3.8, 4) is 12.3 Å². The Labute approximate surface area is 94.6 Å². The van der Waals surface area contributed by atoms with Crippen molar-refractivity contribution < 1.29 is 18.5 Å². The van der Waals surface area contributed by atoms with Crippen molar-refractivity contribution in [1.82, 2.24) is 5.32 Å². The highest BCUT2D eigenvalue weighted by Gasteiger charge is 2.23. The molecular weight excluding hydrogens is 234 g/mol. The number of amides is 1. The van der Waals surface area contributed by atoms with Crippen LogP contribution >= 0.6 is 0 Å². The van der Waals surface area contributed by atoms with Gasteiger partial charge in [-0.25, -0.2) is 4.39 Å². The average Bonchev–Trinajstić information content (AvgIpc) is 2.28. The zero-order valence-electron chi connectivity index (χ0n) is 8.37. The fourth-order valence-electron chi connectivity index (χ4n) is 1.10. The van der Waals surface area contributed by atoms with Crippen LogP contribution in [-0.4, -0.2) is 17.4 Å². The van der Waals surface area contributed by atoms with Crippen molar-refractivity contribution in [2.24, 2.45) is 0 Å². The largest absolute Gasteiger partial charge is 0.341 e. The molecule has 1 rings (SSSR count). The summed E-state index contributed by atoms with van der Waals surface area (Å²) in [5.74, 6) is -1.43. The van der Waals surface area contributed by atoms with E-state index < -0.39 is 33.7 Å². The number of nitro benzene ring substituents is 1. The van der Waals surface area contributed by atoms with Gasteiger partial charge in [-0.05, 0) is 6.07 Å². The van der Waals surface area contributed by atoms with E-state index in [1.165, 1.54) is 0 Å². The van der Waals surface area contributed by atoms with E-state index >= 15 is 0 Å². The molecule has 0 radical (unpaired) electrons. The van der Waals surface area contributed by atoms with Gasteiger partial charge in [0, 0.05) is 0 Å². The van der Waals surface area contributed by atoms with Gasteiger partial charge in [0.1, 0.15) is 5.82 Å². The monoisotopic (exact) mass is 240 g/mol. The first-order chi connectivity index (χ1) is 7.97. The minimum atomic E-state index is -1.40. The number of nitrogens with zero attached hydrogens (tertiary/aromatic N) is 1. The highest BCUT2D eigenvalue weighted by Crippen LogP contribution is 2.22.